The van der Waals surface area contributed by atoms with Gasteiger partial charge in [-0.3, -0.25) is 4.79 Å². The van der Waals surface area contributed by atoms with E-state index in [2.05, 4.69) is 0 Å². The van der Waals surface area contributed by atoms with E-state index in [1.165, 1.54) is 18.9 Å². The molecular formula is C13H11ClFNO. The van der Waals surface area contributed by atoms with Crippen molar-refractivity contribution < 1.29 is 9.18 Å². The van der Waals surface area contributed by atoms with Gasteiger partial charge in [0, 0.05) is 11.9 Å². The van der Waals surface area contributed by atoms with Gasteiger partial charge in [-0.1, -0.05) is 11.6 Å². The molecular weight excluding hydrogens is 241 g/mol. The Morgan fingerprint density at radius 1 is 1.47 bits per heavy atom. The summed E-state index contributed by atoms with van der Waals surface area (Å²) in [6.45, 7) is 0.751. The van der Waals surface area contributed by atoms with E-state index < -0.39 is 5.82 Å². The van der Waals surface area contributed by atoms with Gasteiger partial charge in [0.25, 0.3) is 0 Å². The lowest BCUT2D eigenvalue weighted by Crippen LogP contribution is -2.04. The lowest BCUT2D eigenvalue weighted by atomic mass is 10.2. The van der Waals surface area contributed by atoms with Crippen LogP contribution in [0.5, 0.6) is 0 Å². The van der Waals surface area contributed by atoms with Crippen molar-refractivity contribution in [2.75, 3.05) is 0 Å². The molecule has 0 spiro atoms. The lowest BCUT2D eigenvalue weighted by molar-refractivity contribution is 0.111. The highest BCUT2D eigenvalue weighted by molar-refractivity contribution is 6.35. The maximum Gasteiger partial charge on any atom is 0.166 e. The van der Waals surface area contributed by atoms with Crippen molar-refractivity contribution >= 4 is 28.8 Å². The summed E-state index contributed by atoms with van der Waals surface area (Å²) in [6, 6.07) is 4.75. The van der Waals surface area contributed by atoms with Gasteiger partial charge in [0.15, 0.2) is 6.29 Å². The molecule has 0 N–H and O–H groups in total. The highest BCUT2D eigenvalue weighted by Gasteiger charge is 2.24. The van der Waals surface area contributed by atoms with Crippen LogP contribution in [0, 0.1) is 11.7 Å². The third-order valence-corrected chi connectivity index (χ3v) is 3.60. The Hall–Kier alpha value is -1.35. The molecule has 0 atom stereocenters. The first-order chi connectivity index (χ1) is 8.20. The van der Waals surface area contributed by atoms with Crippen LogP contribution >= 0.6 is 11.6 Å². The number of halogens is 2. The molecule has 0 bridgehead atoms. The molecule has 0 radical (unpaired) electrons. The zero-order valence-corrected chi connectivity index (χ0v) is 9.88. The van der Waals surface area contributed by atoms with Gasteiger partial charge in [-0.15, -0.1) is 0 Å². The number of carbonyl (C=O) groups excluding carboxylic acids is 1. The predicted octanol–water partition coefficient (Wildman–Crippen LogP) is 3.66. The van der Waals surface area contributed by atoms with Crippen molar-refractivity contribution in [3.05, 3.63) is 34.7 Å². The Bertz CT molecular complexity index is 601. The van der Waals surface area contributed by atoms with Gasteiger partial charge < -0.3 is 4.57 Å². The van der Waals surface area contributed by atoms with E-state index in [0.717, 1.165) is 18.2 Å². The molecule has 1 aliphatic rings. The standard InChI is InChI=1S/C13H11ClFNO/c14-12-11(15)4-3-9-5-10(7-17)16(13(9)12)6-8-1-2-8/h3-5,7-8H,1-2,6H2. The third-order valence-electron chi connectivity index (χ3n) is 3.24. The Morgan fingerprint density at radius 3 is 2.88 bits per heavy atom. The first-order valence-corrected chi connectivity index (χ1v) is 6.01. The molecule has 1 aromatic heterocycles. The summed E-state index contributed by atoms with van der Waals surface area (Å²) >= 11 is 5.99. The van der Waals surface area contributed by atoms with Crippen LogP contribution in [0.4, 0.5) is 4.39 Å². The fraction of sp³-hybridized carbons (Fsp3) is 0.308. The molecule has 1 heterocycles. The van der Waals surface area contributed by atoms with Gasteiger partial charge in [0.1, 0.15) is 10.8 Å². The van der Waals surface area contributed by atoms with E-state index in [4.69, 9.17) is 11.6 Å². The van der Waals surface area contributed by atoms with Crippen LogP contribution in [-0.2, 0) is 6.54 Å². The molecule has 1 aliphatic carbocycles. The number of rotatable bonds is 3. The monoisotopic (exact) mass is 251 g/mol. The summed E-state index contributed by atoms with van der Waals surface area (Å²) in [5, 5.41) is 0.926. The van der Waals surface area contributed by atoms with Crippen molar-refractivity contribution in [3.8, 4) is 0 Å². The van der Waals surface area contributed by atoms with Crippen molar-refractivity contribution in [1.29, 1.82) is 0 Å². The predicted molar refractivity (Wildman–Crippen MR) is 65.0 cm³/mol. The molecule has 4 heteroatoms. The van der Waals surface area contributed by atoms with Gasteiger partial charge in [0.05, 0.1) is 11.2 Å². The van der Waals surface area contributed by atoms with Crippen LogP contribution in [0.1, 0.15) is 23.3 Å². The summed E-state index contributed by atoms with van der Waals surface area (Å²) < 4.78 is 15.3. The summed E-state index contributed by atoms with van der Waals surface area (Å²) in [7, 11) is 0. The van der Waals surface area contributed by atoms with E-state index in [1.54, 1.807) is 12.1 Å². The molecule has 2 aromatic rings. The van der Waals surface area contributed by atoms with Gasteiger partial charge >= 0.3 is 0 Å². The number of hydrogen-bond donors (Lipinski definition) is 0. The topological polar surface area (TPSA) is 22.0 Å². The van der Waals surface area contributed by atoms with Crippen molar-refractivity contribution in [2.24, 2.45) is 5.92 Å². The highest BCUT2D eigenvalue weighted by atomic mass is 35.5. The number of fused-ring (bicyclic) bond motifs is 1. The third kappa shape index (κ3) is 1.75. The van der Waals surface area contributed by atoms with Crippen LogP contribution < -0.4 is 0 Å². The smallest absolute Gasteiger partial charge is 0.166 e. The van der Waals surface area contributed by atoms with Crippen LogP contribution in [0.25, 0.3) is 10.9 Å². The minimum absolute atomic E-state index is 0.108. The Balaban J connectivity index is 2.26. The highest BCUT2D eigenvalue weighted by Crippen LogP contribution is 2.35. The average Bonchev–Trinajstić information content (AvgIpc) is 3.05. The Labute approximate surface area is 103 Å². The molecule has 88 valence electrons. The van der Waals surface area contributed by atoms with Crippen molar-refractivity contribution in [3.63, 3.8) is 0 Å². The molecule has 0 aliphatic heterocycles. The molecule has 1 fully saturated rings. The first-order valence-electron chi connectivity index (χ1n) is 5.63. The molecule has 3 rings (SSSR count). The van der Waals surface area contributed by atoms with E-state index in [0.29, 0.717) is 17.1 Å². The molecule has 2 nitrogen and oxygen atoms in total. The van der Waals surface area contributed by atoms with Gasteiger partial charge in [-0.05, 0) is 37.0 Å². The molecule has 0 unspecified atom stereocenters. The summed E-state index contributed by atoms with van der Waals surface area (Å²) in [4.78, 5) is 11.0. The zero-order chi connectivity index (χ0) is 12.0. The molecule has 1 saturated carbocycles. The van der Waals surface area contributed by atoms with Crippen LogP contribution in [0.15, 0.2) is 18.2 Å². The van der Waals surface area contributed by atoms with Crippen molar-refractivity contribution in [2.45, 2.75) is 19.4 Å². The zero-order valence-electron chi connectivity index (χ0n) is 9.12. The second-order valence-electron chi connectivity index (χ2n) is 4.54. The normalized spacial score (nSPS) is 15.4. The summed E-state index contributed by atoms with van der Waals surface area (Å²) in [5.74, 6) is 0.162. The van der Waals surface area contributed by atoms with Crippen LogP contribution in [0.3, 0.4) is 0 Å². The summed E-state index contributed by atoms with van der Waals surface area (Å²) in [6.07, 6.45) is 3.15. The molecule has 0 saturated heterocycles. The molecule has 17 heavy (non-hydrogen) atoms. The first kappa shape index (κ1) is 10.8. The lowest BCUT2D eigenvalue weighted by Gasteiger charge is -2.07. The van der Waals surface area contributed by atoms with E-state index in [1.807, 2.05) is 4.57 Å². The van der Waals surface area contributed by atoms with E-state index in [9.17, 15) is 9.18 Å². The Morgan fingerprint density at radius 2 is 2.24 bits per heavy atom. The fourth-order valence-corrected chi connectivity index (χ4v) is 2.44. The number of aldehydes is 1. The maximum atomic E-state index is 13.5. The number of carbonyl (C=O) groups is 1. The number of nitrogens with zero attached hydrogens (tertiary/aromatic N) is 1. The Kier molecular flexibility index (Phi) is 2.44. The van der Waals surface area contributed by atoms with Gasteiger partial charge in [-0.2, -0.15) is 0 Å². The van der Waals surface area contributed by atoms with Gasteiger partial charge in [-0.25, -0.2) is 4.39 Å². The second-order valence-corrected chi connectivity index (χ2v) is 4.92. The minimum Gasteiger partial charge on any atom is -0.337 e. The second kappa shape index (κ2) is 3.84. The average molecular weight is 252 g/mol. The fourth-order valence-electron chi connectivity index (χ4n) is 2.16. The largest absolute Gasteiger partial charge is 0.337 e. The van der Waals surface area contributed by atoms with E-state index >= 15 is 0 Å². The SMILES string of the molecule is O=Cc1cc2ccc(F)c(Cl)c2n1CC1CC1. The van der Waals surface area contributed by atoms with E-state index in [-0.39, 0.29) is 5.02 Å². The quantitative estimate of drug-likeness (QED) is 0.763. The minimum atomic E-state index is -0.438. The maximum absolute atomic E-state index is 13.5. The molecule has 0 amide bonds. The van der Waals surface area contributed by atoms with Gasteiger partial charge in [0.2, 0.25) is 0 Å². The van der Waals surface area contributed by atoms with Crippen molar-refractivity contribution in [1.82, 2.24) is 4.57 Å². The van der Waals surface area contributed by atoms with Crippen LogP contribution in [-0.4, -0.2) is 10.9 Å². The number of benzene rings is 1. The number of hydrogen-bond acceptors (Lipinski definition) is 1. The number of aromatic nitrogens is 1. The molecule has 1 aromatic carbocycles. The summed E-state index contributed by atoms with van der Waals surface area (Å²) in [5.41, 5.74) is 1.21. The van der Waals surface area contributed by atoms with Crippen LogP contribution in [0.2, 0.25) is 5.02 Å².